The second-order valence-electron chi connectivity index (χ2n) is 8.29. The van der Waals surface area contributed by atoms with E-state index in [4.69, 9.17) is 9.84 Å². The number of ether oxygens (including phenoxy) is 1. The molecule has 3 heterocycles. The predicted octanol–water partition coefficient (Wildman–Crippen LogP) is 2.77. The van der Waals surface area contributed by atoms with E-state index in [0.29, 0.717) is 38.4 Å². The summed E-state index contributed by atoms with van der Waals surface area (Å²) in [7, 11) is 0. The average molecular weight is 415 g/mol. The number of aliphatic carboxylic acids is 1. The lowest BCUT2D eigenvalue weighted by atomic mass is 9.90. The highest BCUT2D eigenvalue weighted by atomic mass is 16.5. The number of rotatable bonds is 8. The zero-order chi connectivity index (χ0) is 21.6. The second kappa shape index (κ2) is 9.60. The summed E-state index contributed by atoms with van der Waals surface area (Å²) in [6.07, 6.45) is 5.66. The number of nitrogens with zero attached hydrogens (tertiary/aromatic N) is 3. The van der Waals surface area contributed by atoms with Crippen LogP contribution in [-0.2, 0) is 4.79 Å². The van der Waals surface area contributed by atoms with Crippen molar-refractivity contribution in [3.05, 3.63) is 30.6 Å². The highest BCUT2D eigenvalue weighted by molar-refractivity contribution is 5.75. The Labute approximate surface area is 175 Å². The molecule has 162 valence electrons. The molecular weight excluding hydrogens is 386 g/mol. The smallest absolute Gasteiger partial charge is 0.317 e. The molecule has 1 aliphatic heterocycles. The first kappa shape index (κ1) is 21.6. The van der Waals surface area contributed by atoms with Crippen molar-refractivity contribution in [3.8, 4) is 17.1 Å². The molecule has 1 aliphatic rings. The second-order valence-corrected chi connectivity index (χ2v) is 8.29. The minimum atomic E-state index is -0.862. The first-order valence-corrected chi connectivity index (χ1v) is 10.2. The third-order valence-electron chi connectivity index (χ3n) is 5.41. The quantitative estimate of drug-likeness (QED) is 0.610. The first-order valence-electron chi connectivity index (χ1n) is 10.2. The van der Waals surface area contributed by atoms with Crippen LogP contribution >= 0.6 is 0 Å². The van der Waals surface area contributed by atoms with Crippen LogP contribution in [0.25, 0.3) is 11.4 Å². The van der Waals surface area contributed by atoms with Gasteiger partial charge in [0.25, 0.3) is 0 Å². The number of hydrogen-bond donors (Lipinski definition) is 3. The van der Waals surface area contributed by atoms with E-state index in [1.807, 2.05) is 18.2 Å². The van der Waals surface area contributed by atoms with Gasteiger partial charge in [-0.25, -0.2) is 4.79 Å². The van der Waals surface area contributed by atoms with E-state index < -0.39 is 11.4 Å². The van der Waals surface area contributed by atoms with Crippen LogP contribution < -0.4 is 10.1 Å². The number of urea groups is 1. The van der Waals surface area contributed by atoms with Gasteiger partial charge < -0.3 is 20.1 Å². The number of aromatic amines is 1. The van der Waals surface area contributed by atoms with E-state index in [-0.39, 0.29) is 11.9 Å². The molecule has 1 fully saturated rings. The standard InChI is InChI=1S/C21H29N5O4/c1-21(2,19(27)28)8-10-22-20(29)26-11-3-4-15(13-26)14-30-16-5-6-17(23-12-16)18-7-9-24-25-18/h5-7,9,12,15H,3-4,8,10-11,13-14H2,1-2H3,(H,22,29)(H,24,25)(H,27,28)/t15-/m1/s1. The van der Waals surface area contributed by atoms with Crippen molar-refractivity contribution in [2.45, 2.75) is 33.1 Å². The molecule has 0 unspecified atom stereocenters. The van der Waals surface area contributed by atoms with Gasteiger partial charge in [-0.1, -0.05) is 0 Å². The van der Waals surface area contributed by atoms with Gasteiger partial charge in [-0.3, -0.25) is 14.9 Å². The van der Waals surface area contributed by atoms with Gasteiger partial charge in [0.05, 0.1) is 29.6 Å². The van der Waals surface area contributed by atoms with Crippen LogP contribution in [0.1, 0.15) is 33.1 Å². The molecule has 0 aliphatic carbocycles. The van der Waals surface area contributed by atoms with E-state index in [2.05, 4.69) is 20.5 Å². The van der Waals surface area contributed by atoms with Crippen molar-refractivity contribution < 1.29 is 19.4 Å². The molecule has 2 amide bonds. The van der Waals surface area contributed by atoms with Gasteiger partial charge in [-0.2, -0.15) is 5.10 Å². The monoisotopic (exact) mass is 415 g/mol. The Bertz CT molecular complexity index is 836. The molecule has 2 aromatic heterocycles. The maximum absolute atomic E-state index is 12.4. The largest absolute Gasteiger partial charge is 0.492 e. The summed E-state index contributed by atoms with van der Waals surface area (Å²) in [6.45, 7) is 5.49. The molecular formula is C21H29N5O4. The fourth-order valence-electron chi connectivity index (χ4n) is 3.32. The minimum absolute atomic E-state index is 0.147. The van der Waals surface area contributed by atoms with E-state index in [1.165, 1.54) is 0 Å². The Morgan fingerprint density at radius 3 is 2.87 bits per heavy atom. The van der Waals surface area contributed by atoms with Gasteiger partial charge in [0, 0.05) is 31.7 Å². The van der Waals surface area contributed by atoms with Gasteiger partial charge in [-0.15, -0.1) is 0 Å². The molecule has 9 nitrogen and oxygen atoms in total. The molecule has 1 atom stereocenters. The average Bonchev–Trinajstić information content (AvgIpc) is 3.27. The van der Waals surface area contributed by atoms with Crippen LogP contribution in [0.2, 0.25) is 0 Å². The molecule has 30 heavy (non-hydrogen) atoms. The minimum Gasteiger partial charge on any atom is -0.492 e. The summed E-state index contributed by atoms with van der Waals surface area (Å²) < 4.78 is 5.89. The fraction of sp³-hybridized carbons (Fsp3) is 0.524. The summed E-state index contributed by atoms with van der Waals surface area (Å²) in [5.74, 6) is 0.0713. The number of nitrogens with one attached hydrogen (secondary N) is 2. The molecule has 2 aromatic rings. The maximum Gasteiger partial charge on any atom is 0.317 e. The molecule has 0 aromatic carbocycles. The number of pyridine rings is 1. The van der Waals surface area contributed by atoms with Gasteiger partial charge >= 0.3 is 12.0 Å². The number of carbonyl (C=O) groups is 2. The van der Waals surface area contributed by atoms with Crippen LogP contribution in [0.5, 0.6) is 5.75 Å². The van der Waals surface area contributed by atoms with Crippen molar-refractivity contribution in [1.29, 1.82) is 0 Å². The fourth-order valence-corrected chi connectivity index (χ4v) is 3.32. The number of carboxylic acids is 1. The van der Waals surface area contributed by atoms with Crippen LogP contribution in [0.4, 0.5) is 4.79 Å². The molecule has 9 heteroatoms. The van der Waals surface area contributed by atoms with Gasteiger partial charge in [0.1, 0.15) is 5.75 Å². The zero-order valence-corrected chi connectivity index (χ0v) is 17.4. The third-order valence-corrected chi connectivity index (χ3v) is 5.41. The summed E-state index contributed by atoms with van der Waals surface area (Å²) in [5.41, 5.74) is 0.792. The Morgan fingerprint density at radius 1 is 1.37 bits per heavy atom. The number of likely N-dealkylation sites (tertiary alicyclic amines) is 1. The van der Waals surface area contributed by atoms with Crippen LogP contribution in [0.15, 0.2) is 30.6 Å². The number of piperidine rings is 1. The first-order chi connectivity index (χ1) is 14.3. The van der Waals surface area contributed by atoms with E-state index >= 15 is 0 Å². The maximum atomic E-state index is 12.4. The predicted molar refractivity (Wildman–Crippen MR) is 111 cm³/mol. The molecule has 0 saturated carbocycles. The number of hydrogen-bond acceptors (Lipinski definition) is 5. The van der Waals surface area contributed by atoms with Crippen molar-refractivity contribution in [2.24, 2.45) is 11.3 Å². The molecule has 0 spiro atoms. The van der Waals surface area contributed by atoms with Gasteiger partial charge in [-0.05, 0) is 51.3 Å². The van der Waals surface area contributed by atoms with Crippen LogP contribution in [0.3, 0.4) is 0 Å². The highest BCUT2D eigenvalue weighted by Gasteiger charge is 2.28. The van der Waals surface area contributed by atoms with Crippen molar-refractivity contribution in [1.82, 2.24) is 25.4 Å². The van der Waals surface area contributed by atoms with Crippen molar-refractivity contribution >= 4 is 12.0 Å². The van der Waals surface area contributed by atoms with E-state index in [1.54, 1.807) is 31.1 Å². The molecule has 0 radical (unpaired) electrons. The zero-order valence-electron chi connectivity index (χ0n) is 17.4. The van der Waals surface area contributed by atoms with Crippen LogP contribution in [-0.4, -0.2) is 63.4 Å². The van der Waals surface area contributed by atoms with Crippen molar-refractivity contribution in [2.75, 3.05) is 26.2 Å². The van der Waals surface area contributed by atoms with Gasteiger partial charge in [0.2, 0.25) is 0 Å². The summed E-state index contributed by atoms with van der Waals surface area (Å²) in [6, 6.07) is 5.46. The Hall–Kier alpha value is -3.10. The summed E-state index contributed by atoms with van der Waals surface area (Å²) in [5, 5.41) is 18.8. The molecule has 3 rings (SSSR count). The van der Waals surface area contributed by atoms with E-state index in [9.17, 15) is 9.59 Å². The summed E-state index contributed by atoms with van der Waals surface area (Å²) in [4.78, 5) is 29.8. The normalized spacial score (nSPS) is 16.9. The lowest BCUT2D eigenvalue weighted by Gasteiger charge is -2.33. The number of amides is 2. The lowest BCUT2D eigenvalue weighted by Crippen LogP contribution is -2.47. The topological polar surface area (TPSA) is 120 Å². The molecule has 3 N–H and O–H groups in total. The third kappa shape index (κ3) is 5.71. The number of carboxylic acid groups (broad SMARTS) is 1. The molecule has 1 saturated heterocycles. The van der Waals surface area contributed by atoms with E-state index in [0.717, 1.165) is 24.2 Å². The SMILES string of the molecule is CC(C)(CCNC(=O)N1CCC[C@@H](COc2ccc(-c3ccn[nH]3)nc2)C1)C(=O)O. The summed E-state index contributed by atoms with van der Waals surface area (Å²) >= 11 is 0. The molecule has 0 bridgehead atoms. The Kier molecular flexibility index (Phi) is 6.91. The lowest BCUT2D eigenvalue weighted by molar-refractivity contribution is -0.147. The van der Waals surface area contributed by atoms with Crippen molar-refractivity contribution in [3.63, 3.8) is 0 Å². The van der Waals surface area contributed by atoms with Gasteiger partial charge in [0.15, 0.2) is 0 Å². The number of H-pyrrole nitrogens is 1. The number of carbonyl (C=O) groups excluding carboxylic acids is 1. The number of aromatic nitrogens is 3. The highest BCUT2D eigenvalue weighted by Crippen LogP contribution is 2.22. The Balaban J connectivity index is 1.43. The Morgan fingerprint density at radius 2 is 2.20 bits per heavy atom. The van der Waals surface area contributed by atoms with Crippen LogP contribution in [0, 0.1) is 11.3 Å².